The number of aromatic nitrogens is 3. The molecule has 6 aromatic rings. The normalized spacial score (nSPS) is 11.8. The van der Waals surface area contributed by atoms with Crippen LogP contribution in [0.3, 0.4) is 0 Å². The van der Waals surface area contributed by atoms with Crippen LogP contribution in [0.1, 0.15) is 45.7 Å². The molecule has 0 unspecified atom stereocenters. The number of pyridine rings is 3. The van der Waals surface area contributed by atoms with Gasteiger partial charge in [0.15, 0.2) is 0 Å². The Morgan fingerprint density at radius 3 is 2.33 bits per heavy atom. The number of hydrogen-bond acceptors (Lipinski definition) is 4. The maximum absolute atomic E-state index is 13.4. The number of hydrogen-bond donors (Lipinski definition) is 0. The van der Waals surface area contributed by atoms with Crippen LogP contribution < -0.4 is 4.40 Å². The first-order chi connectivity index (χ1) is 20.8. The molecule has 0 saturated carbocycles. The predicted octanol–water partition coefficient (Wildman–Crippen LogP) is 9.57. The summed E-state index contributed by atoms with van der Waals surface area (Å²) >= 11 is -1.86. The number of furan rings is 1. The van der Waals surface area contributed by atoms with Gasteiger partial charge >= 0.3 is 126 Å². The molecule has 6 rings (SSSR count). The molecule has 235 valence electrons. The Morgan fingerprint density at radius 1 is 0.889 bits per heavy atom. The van der Waals surface area contributed by atoms with Crippen molar-refractivity contribution in [2.45, 2.75) is 63.7 Å². The molecule has 0 spiro atoms. The molecule has 0 bridgehead atoms. The van der Waals surface area contributed by atoms with E-state index in [4.69, 9.17) is 9.40 Å². The van der Waals surface area contributed by atoms with E-state index in [1.807, 2.05) is 42.5 Å². The first-order valence-electron chi connectivity index (χ1n) is 15.1. The maximum atomic E-state index is 13.4. The predicted molar refractivity (Wildman–Crippen MR) is 182 cm³/mol. The van der Waals surface area contributed by atoms with Crippen molar-refractivity contribution in [3.63, 3.8) is 0 Å². The molecule has 4 nitrogen and oxygen atoms in total. The van der Waals surface area contributed by atoms with E-state index in [1.54, 1.807) is 16.7 Å². The van der Waals surface area contributed by atoms with Gasteiger partial charge in [-0.05, 0) is 34.9 Å². The van der Waals surface area contributed by atoms with E-state index in [9.17, 15) is 4.39 Å². The van der Waals surface area contributed by atoms with Gasteiger partial charge in [0.25, 0.3) is 0 Å². The molecule has 2 aromatic carbocycles. The fourth-order valence-electron chi connectivity index (χ4n) is 5.30. The second-order valence-corrected chi connectivity index (χ2v) is 24.3. The molecular weight excluding hydrogens is 798 g/mol. The zero-order valence-electron chi connectivity index (χ0n) is 27.3. The maximum Gasteiger partial charge on any atom is 0 e. The summed E-state index contributed by atoms with van der Waals surface area (Å²) in [5.74, 6) is 7.44. The van der Waals surface area contributed by atoms with Crippen molar-refractivity contribution in [3.05, 3.63) is 108 Å². The fourth-order valence-corrected chi connectivity index (χ4v) is 8.64. The summed E-state index contributed by atoms with van der Waals surface area (Å²) in [5, 5.41) is 1.67. The van der Waals surface area contributed by atoms with E-state index < -0.39 is 19.2 Å². The van der Waals surface area contributed by atoms with Crippen LogP contribution >= 0.6 is 0 Å². The topological polar surface area (TPSA) is 51.8 Å². The minimum Gasteiger partial charge on any atom is 0 e. The quantitative estimate of drug-likeness (QED) is 0.0987. The van der Waals surface area contributed by atoms with Gasteiger partial charge in [-0.1, -0.05) is 37.8 Å². The molecule has 7 heteroatoms. The largest absolute Gasteiger partial charge is 0 e. The molecule has 0 fully saturated rings. The summed E-state index contributed by atoms with van der Waals surface area (Å²) in [4.78, 5) is 13.0. The monoisotopic (exact) mass is 840 g/mol. The van der Waals surface area contributed by atoms with Crippen LogP contribution in [0, 0.1) is 24.0 Å². The van der Waals surface area contributed by atoms with Gasteiger partial charge in [0.2, 0.25) is 11.7 Å². The molecule has 0 aliphatic carbocycles. The van der Waals surface area contributed by atoms with Crippen molar-refractivity contribution in [2.24, 2.45) is 5.92 Å². The summed E-state index contributed by atoms with van der Waals surface area (Å²) in [6.07, 6.45) is 5.07. The number of rotatable bonds is 5. The van der Waals surface area contributed by atoms with Gasteiger partial charge in [-0.15, -0.1) is 18.2 Å². The van der Waals surface area contributed by atoms with Gasteiger partial charge in [-0.3, -0.25) is 0 Å². The molecule has 0 amide bonds. The third-order valence-corrected chi connectivity index (χ3v) is 11.9. The van der Waals surface area contributed by atoms with Crippen molar-refractivity contribution in [1.82, 2.24) is 15.0 Å². The van der Waals surface area contributed by atoms with E-state index in [0.29, 0.717) is 11.5 Å². The number of benzene rings is 2. The van der Waals surface area contributed by atoms with Gasteiger partial charge in [0.1, 0.15) is 0 Å². The Kier molecular flexibility index (Phi) is 10.8. The summed E-state index contributed by atoms with van der Waals surface area (Å²) in [6.45, 7) is 11.0. The second kappa shape index (κ2) is 14.1. The van der Waals surface area contributed by atoms with Crippen molar-refractivity contribution in [1.29, 1.82) is 0 Å². The SMILES string of the molecule is CC(C)(C)c1ccnc(-c2[c-]ccc3c2oc2nc(F)ccc23)c1.CC(C)Cc1cc(-c2[c-]cccc2)nc[c]1[Ge]([CH3])([CH3])[CH3].[Ir]. The van der Waals surface area contributed by atoms with Crippen molar-refractivity contribution < 1.29 is 28.9 Å². The van der Waals surface area contributed by atoms with Crippen molar-refractivity contribution in [3.8, 4) is 22.5 Å². The van der Waals surface area contributed by atoms with Crippen LogP contribution in [-0.4, -0.2) is 28.2 Å². The van der Waals surface area contributed by atoms with Crippen LogP contribution in [0.5, 0.6) is 0 Å². The molecule has 1 radical (unpaired) electrons. The van der Waals surface area contributed by atoms with Crippen molar-refractivity contribution in [2.75, 3.05) is 0 Å². The number of halogens is 1. The van der Waals surface area contributed by atoms with Crippen LogP contribution in [0.4, 0.5) is 4.39 Å². The third kappa shape index (κ3) is 8.16. The molecule has 0 atom stereocenters. The zero-order chi connectivity index (χ0) is 31.6. The average Bonchev–Trinajstić information content (AvgIpc) is 3.34. The summed E-state index contributed by atoms with van der Waals surface area (Å²) in [6, 6.07) is 27.7. The summed E-state index contributed by atoms with van der Waals surface area (Å²) in [7, 11) is 0. The second-order valence-electron chi connectivity index (χ2n) is 13.7. The number of nitrogens with zero attached hydrogens (tertiary/aromatic N) is 3. The van der Waals surface area contributed by atoms with E-state index in [0.717, 1.165) is 39.7 Å². The zero-order valence-corrected chi connectivity index (χ0v) is 31.7. The van der Waals surface area contributed by atoms with Crippen LogP contribution in [0.2, 0.25) is 17.3 Å². The molecule has 0 saturated heterocycles. The Hall–Kier alpha value is -3.19. The van der Waals surface area contributed by atoms with E-state index >= 15 is 0 Å². The van der Waals surface area contributed by atoms with E-state index in [-0.39, 0.29) is 31.2 Å². The van der Waals surface area contributed by atoms with Crippen LogP contribution in [0.25, 0.3) is 44.6 Å². The summed E-state index contributed by atoms with van der Waals surface area (Å²) < 4.78 is 20.7. The standard InChI is InChI=1S/C20H16FN2O.C18H24GeN.Ir/c1-20(2,3)12-9-10-22-16(11-12)15-6-4-5-13-14-7-8-17(21)23-19(14)24-18(13)15;1-14(2)11-16-12-18(15-9-7-6-8-10-15)20-13-17(16)19(3,4)5;/h4-5,7-11H,1-3H3;6-9,12-14H,11H2,1-5H3;/q2*-1;. The first kappa shape index (κ1) is 34.7. The molecule has 0 N–H and O–H groups in total. The van der Waals surface area contributed by atoms with Gasteiger partial charge in [-0.25, -0.2) is 0 Å². The smallest absolute Gasteiger partial charge is 0 e. The average molecular weight is 839 g/mol. The van der Waals surface area contributed by atoms with Crippen LogP contribution in [0.15, 0.2) is 83.5 Å². The number of fused-ring (bicyclic) bond motifs is 3. The molecule has 4 aromatic heterocycles. The van der Waals surface area contributed by atoms with E-state index in [1.165, 1.54) is 17.2 Å². The molecule has 45 heavy (non-hydrogen) atoms. The summed E-state index contributed by atoms with van der Waals surface area (Å²) in [5.41, 5.74) is 7.30. The molecule has 4 heterocycles. The first-order valence-corrected chi connectivity index (χ1v) is 22.5. The minimum atomic E-state index is -1.86. The van der Waals surface area contributed by atoms with Crippen molar-refractivity contribution >= 4 is 39.7 Å². The minimum absolute atomic E-state index is 0. The molecule has 0 aliphatic heterocycles. The van der Waals surface area contributed by atoms with E-state index in [2.05, 4.69) is 92.3 Å². The Balaban J connectivity index is 0.000000204. The Morgan fingerprint density at radius 2 is 1.67 bits per heavy atom. The Bertz CT molecular complexity index is 1910. The third-order valence-electron chi connectivity index (χ3n) is 7.56. The van der Waals surface area contributed by atoms with Gasteiger partial charge in [0.05, 0.1) is 5.58 Å². The molecule has 0 aliphatic rings. The Labute approximate surface area is 282 Å². The van der Waals surface area contributed by atoms with Gasteiger partial charge in [0, 0.05) is 31.7 Å². The fraction of sp³-hybridized carbons (Fsp3) is 0.289. The van der Waals surface area contributed by atoms with Gasteiger partial charge in [-0.2, -0.15) is 9.37 Å². The van der Waals surface area contributed by atoms with Gasteiger partial charge < -0.3 is 9.40 Å². The molecular formula is C38H40FGeIrN3O-2. The van der Waals surface area contributed by atoms with Crippen LogP contribution in [-0.2, 0) is 31.9 Å².